The highest BCUT2D eigenvalue weighted by Crippen LogP contribution is 2.33. The molecule has 2 rings (SSSR count). The number of carbonyl (C=O) groups is 1. The van der Waals surface area contributed by atoms with Gasteiger partial charge in [0.2, 0.25) is 0 Å². The fraction of sp³-hybridized carbons (Fsp3) is 0.600. The van der Waals surface area contributed by atoms with Gasteiger partial charge in [-0.05, 0) is 35.2 Å². The molecule has 0 unspecified atom stereocenters. The van der Waals surface area contributed by atoms with Gasteiger partial charge >= 0.3 is 0 Å². The van der Waals surface area contributed by atoms with Gasteiger partial charge in [-0.25, -0.2) is 0 Å². The Morgan fingerprint density at radius 2 is 2.40 bits per heavy atom. The third kappa shape index (κ3) is 1.99. The van der Waals surface area contributed by atoms with Gasteiger partial charge in [0.25, 0.3) is 0 Å². The predicted molar refractivity (Wildman–Crippen MR) is 60.6 cm³/mol. The fourth-order valence-corrected chi connectivity index (χ4v) is 2.50. The highest BCUT2D eigenvalue weighted by atomic mass is 79.9. The quantitative estimate of drug-likeness (QED) is 0.851. The standard InChI is InChI=1S/C10H14BrN3O/c1-14-9(7(11)6-13-14)8(15)5-10(12)3-2-4-10/h6H,2-5,12H2,1H3. The molecule has 1 saturated carbocycles. The molecular formula is C10H14BrN3O. The summed E-state index contributed by atoms with van der Waals surface area (Å²) in [6, 6.07) is 0. The van der Waals surface area contributed by atoms with Crippen LogP contribution in [-0.4, -0.2) is 21.1 Å². The Labute approximate surface area is 97.0 Å². The molecule has 1 aromatic rings. The lowest BCUT2D eigenvalue weighted by molar-refractivity contribution is 0.0902. The van der Waals surface area contributed by atoms with E-state index < -0.39 is 0 Å². The maximum absolute atomic E-state index is 12.0. The summed E-state index contributed by atoms with van der Waals surface area (Å²) < 4.78 is 2.34. The molecule has 1 aromatic heterocycles. The molecule has 0 bridgehead atoms. The van der Waals surface area contributed by atoms with E-state index in [4.69, 9.17) is 5.73 Å². The van der Waals surface area contributed by atoms with E-state index in [0.29, 0.717) is 12.1 Å². The molecule has 4 nitrogen and oxygen atoms in total. The van der Waals surface area contributed by atoms with E-state index in [1.165, 1.54) is 0 Å². The second kappa shape index (κ2) is 3.72. The van der Waals surface area contributed by atoms with Crippen LogP contribution in [0.3, 0.4) is 0 Å². The van der Waals surface area contributed by atoms with Gasteiger partial charge in [-0.15, -0.1) is 0 Å². The Morgan fingerprint density at radius 3 is 2.80 bits per heavy atom. The molecule has 0 aliphatic heterocycles. The number of hydrogen-bond donors (Lipinski definition) is 1. The molecule has 0 spiro atoms. The van der Waals surface area contributed by atoms with E-state index in [9.17, 15) is 4.79 Å². The zero-order valence-electron chi connectivity index (χ0n) is 8.66. The van der Waals surface area contributed by atoms with Gasteiger partial charge in [-0.2, -0.15) is 5.10 Å². The third-order valence-corrected chi connectivity index (χ3v) is 3.60. The molecule has 1 aliphatic rings. The normalized spacial score (nSPS) is 18.6. The van der Waals surface area contributed by atoms with Gasteiger partial charge < -0.3 is 5.73 Å². The van der Waals surface area contributed by atoms with E-state index in [0.717, 1.165) is 23.7 Å². The Balaban J connectivity index is 2.14. The van der Waals surface area contributed by atoms with Crippen LogP contribution in [0.4, 0.5) is 0 Å². The van der Waals surface area contributed by atoms with E-state index in [1.807, 2.05) is 0 Å². The lowest BCUT2D eigenvalue weighted by Gasteiger charge is -2.37. The van der Waals surface area contributed by atoms with Crippen LogP contribution in [0.2, 0.25) is 0 Å². The number of nitrogens with two attached hydrogens (primary N) is 1. The maximum atomic E-state index is 12.0. The zero-order chi connectivity index (χ0) is 11.1. The van der Waals surface area contributed by atoms with Crippen LogP contribution in [0, 0.1) is 0 Å². The molecule has 0 atom stereocenters. The Bertz CT molecular complexity index is 376. The Morgan fingerprint density at radius 1 is 1.73 bits per heavy atom. The fourth-order valence-electron chi connectivity index (χ4n) is 1.94. The van der Waals surface area contributed by atoms with Gasteiger partial charge in [0.05, 0.1) is 10.7 Å². The van der Waals surface area contributed by atoms with Crippen molar-refractivity contribution >= 4 is 21.7 Å². The van der Waals surface area contributed by atoms with Crippen molar-refractivity contribution in [1.29, 1.82) is 0 Å². The molecule has 1 aliphatic carbocycles. The summed E-state index contributed by atoms with van der Waals surface area (Å²) >= 11 is 3.32. The zero-order valence-corrected chi connectivity index (χ0v) is 10.2. The minimum Gasteiger partial charge on any atom is -0.325 e. The van der Waals surface area contributed by atoms with Gasteiger partial charge in [0.1, 0.15) is 5.69 Å². The molecule has 1 heterocycles. The molecule has 1 fully saturated rings. The first-order valence-corrected chi connectivity index (χ1v) is 5.81. The summed E-state index contributed by atoms with van der Waals surface area (Å²) in [5.74, 6) is 0.0732. The maximum Gasteiger partial charge on any atom is 0.183 e. The number of Topliss-reactive ketones (excluding diaryl/α,β-unsaturated/α-hetero) is 1. The number of aryl methyl sites for hydroxylation is 1. The van der Waals surface area contributed by atoms with Crippen LogP contribution in [0.25, 0.3) is 0 Å². The molecule has 0 saturated heterocycles. The molecule has 15 heavy (non-hydrogen) atoms. The average Bonchev–Trinajstić information content (AvgIpc) is 2.43. The van der Waals surface area contributed by atoms with Crippen LogP contribution in [0.15, 0.2) is 10.7 Å². The van der Waals surface area contributed by atoms with Gasteiger partial charge in [-0.1, -0.05) is 0 Å². The summed E-state index contributed by atoms with van der Waals surface area (Å²) in [5.41, 5.74) is 6.40. The highest BCUT2D eigenvalue weighted by Gasteiger charge is 2.35. The van der Waals surface area contributed by atoms with Crippen LogP contribution in [0.1, 0.15) is 36.2 Å². The van der Waals surface area contributed by atoms with Crippen LogP contribution >= 0.6 is 15.9 Å². The Hall–Kier alpha value is -0.680. The molecule has 0 radical (unpaired) electrons. The monoisotopic (exact) mass is 271 g/mol. The molecule has 5 heteroatoms. The highest BCUT2D eigenvalue weighted by molar-refractivity contribution is 9.10. The lowest BCUT2D eigenvalue weighted by atomic mass is 9.74. The minimum absolute atomic E-state index is 0.0732. The van der Waals surface area contributed by atoms with Crippen LogP contribution in [-0.2, 0) is 7.05 Å². The van der Waals surface area contributed by atoms with E-state index in [1.54, 1.807) is 17.9 Å². The number of halogens is 1. The van der Waals surface area contributed by atoms with E-state index in [2.05, 4.69) is 21.0 Å². The van der Waals surface area contributed by atoms with Gasteiger partial charge in [0.15, 0.2) is 5.78 Å². The van der Waals surface area contributed by atoms with Crippen LogP contribution < -0.4 is 5.73 Å². The Kier molecular flexibility index (Phi) is 2.68. The predicted octanol–water partition coefficient (Wildman–Crippen LogP) is 1.64. The first-order chi connectivity index (χ1) is 7.02. The summed E-state index contributed by atoms with van der Waals surface area (Å²) in [6.07, 6.45) is 5.10. The van der Waals surface area contributed by atoms with E-state index in [-0.39, 0.29) is 11.3 Å². The average molecular weight is 272 g/mol. The molecule has 0 aromatic carbocycles. The molecule has 0 amide bonds. The number of carbonyl (C=O) groups excluding carboxylic acids is 1. The lowest BCUT2D eigenvalue weighted by Crippen LogP contribution is -2.48. The summed E-state index contributed by atoms with van der Waals surface area (Å²) in [7, 11) is 1.77. The second-order valence-corrected chi connectivity index (χ2v) is 5.13. The van der Waals surface area contributed by atoms with Crippen molar-refractivity contribution in [3.63, 3.8) is 0 Å². The summed E-state index contributed by atoms with van der Waals surface area (Å²) in [4.78, 5) is 12.0. The number of hydrogen-bond acceptors (Lipinski definition) is 3. The van der Waals surface area contributed by atoms with Crippen molar-refractivity contribution in [2.45, 2.75) is 31.2 Å². The third-order valence-electron chi connectivity index (χ3n) is 3.02. The molecule has 82 valence electrons. The molecule has 2 N–H and O–H groups in total. The van der Waals surface area contributed by atoms with E-state index >= 15 is 0 Å². The van der Waals surface area contributed by atoms with Crippen molar-refractivity contribution in [1.82, 2.24) is 9.78 Å². The van der Waals surface area contributed by atoms with Crippen molar-refractivity contribution in [3.8, 4) is 0 Å². The van der Waals surface area contributed by atoms with Gasteiger partial charge in [-0.3, -0.25) is 9.48 Å². The number of rotatable bonds is 3. The van der Waals surface area contributed by atoms with Crippen LogP contribution in [0.5, 0.6) is 0 Å². The summed E-state index contributed by atoms with van der Waals surface area (Å²) in [6.45, 7) is 0. The van der Waals surface area contributed by atoms with Crippen molar-refractivity contribution in [3.05, 3.63) is 16.4 Å². The minimum atomic E-state index is -0.263. The number of ketones is 1. The van der Waals surface area contributed by atoms with Crippen molar-refractivity contribution < 1.29 is 4.79 Å². The van der Waals surface area contributed by atoms with Gasteiger partial charge in [0, 0.05) is 19.0 Å². The topological polar surface area (TPSA) is 60.9 Å². The largest absolute Gasteiger partial charge is 0.325 e. The first kappa shape index (κ1) is 10.8. The smallest absolute Gasteiger partial charge is 0.183 e. The SMILES string of the molecule is Cn1ncc(Br)c1C(=O)CC1(N)CCC1. The second-order valence-electron chi connectivity index (χ2n) is 4.28. The van der Waals surface area contributed by atoms with Crippen molar-refractivity contribution in [2.24, 2.45) is 12.8 Å². The number of aromatic nitrogens is 2. The summed E-state index contributed by atoms with van der Waals surface area (Å²) in [5, 5.41) is 4.02. The first-order valence-electron chi connectivity index (χ1n) is 5.01. The molecular weight excluding hydrogens is 258 g/mol. The number of nitrogens with zero attached hydrogens (tertiary/aromatic N) is 2. The van der Waals surface area contributed by atoms with Crippen molar-refractivity contribution in [2.75, 3.05) is 0 Å².